The fourth-order valence-corrected chi connectivity index (χ4v) is 1.79. The molecule has 0 radical (unpaired) electrons. The third-order valence-electron chi connectivity index (χ3n) is 2.70. The molecular weight excluding hydrogens is 218 g/mol. The van der Waals surface area contributed by atoms with E-state index >= 15 is 0 Å². The van der Waals surface area contributed by atoms with Crippen LogP contribution in [0.1, 0.15) is 16.7 Å². The zero-order valence-corrected chi connectivity index (χ0v) is 9.29. The zero-order chi connectivity index (χ0) is 12.3. The first-order valence-electron chi connectivity index (χ1n) is 5.35. The Kier molecular flexibility index (Phi) is 3.33. The highest BCUT2D eigenvalue weighted by molar-refractivity contribution is 5.53. The number of hydrogen-bond donors (Lipinski definition) is 0. The molecule has 0 aliphatic rings. The van der Waals surface area contributed by atoms with Gasteiger partial charge in [0.15, 0.2) is 0 Å². The summed E-state index contributed by atoms with van der Waals surface area (Å²) < 4.78 is 27.0. The van der Waals surface area contributed by atoms with Gasteiger partial charge in [-0.05, 0) is 23.3 Å². The fraction of sp³-hybridized carbons (Fsp3) is 0.0667. The van der Waals surface area contributed by atoms with Crippen LogP contribution in [-0.2, 0) is 6.42 Å². The summed E-state index contributed by atoms with van der Waals surface area (Å²) in [7, 11) is 0. The van der Waals surface area contributed by atoms with Crippen molar-refractivity contribution >= 4 is 6.08 Å². The maximum atomic E-state index is 13.5. The van der Waals surface area contributed by atoms with E-state index < -0.39 is 11.6 Å². The lowest BCUT2D eigenvalue weighted by molar-refractivity contribution is 0.561. The molecule has 2 aromatic carbocycles. The minimum Gasteiger partial charge on any atom is -0.207 e. The largest absolute Gasteiger partial charge is 0.207 e. The van der Waals surface area contributed by atoms with Gasteiger partial charge in [-0.25, -0.2) is 8.78 Å². The van der Waals surface area contributed by atoms with Crippen LogP contribution < -0.4 is 0 Å². The van der Waals surface area contributed by atoms with E-state index in [2.05, 4.69) is 6.58 Å². The molecule has 0 spiro atoms. The van der Waals surface area contributed by atoms with Gasteiger partial charge in [-0.1, -0.05) is 43.0 Å². The first-order chi connectivity index (χ1) is 8.22. The molecule has 0 saturated heterocycles. The highest BCUT2D eigenvalue weighted by Crippen LogP contribution is 2.19. The maximum absolute atomic E-state index is 13.5. The number of rotatable bonds is 3. The molecule has 0 heterocycles. The highest BCUT2D eigenvalue weighted by Gasteiger charge is 2.10. The van der Waals surface area contributed by atoms with Crippen molar-refractivity contribution in [2.45, 2.75) is 6.42 Å². The third kappa shape index (κ3) is 2.41. The van der Waals surface area contributed by atoms with E-state index in [1.165, 1.54) is 18.2 Å². The van der Waals surface area contributed by atoms with Gasteiger partial charge in [0.05, 0.1) is 0 Å². The van der Waals surface area contributed by atoms with Gasteiger partial charge in [0, 0.05) is 12.0 Å². The molecule has 0 amide bonds. The van der Waals surface area contributed by atoms with Crippen LogP contribution in [0.3, 0.4) is 0 Å². The number of halogens is 2. The number of benzene rings is 2. The van der Waals surface area contributed by atoms with Gasteiger partial charge in [-0.15, -0.1) is 0 Å². The van der Waals surface area contributed by atoms with Gasteiger partial charge >= 0.3 is 0 Å². The molecule has 0 fully saturated rings. The highest BCUT2D eigenvalue weighted by atomic mass is 19.1. The summed E-state index contributed by atoms with van der Waals surface area (Å²) in [5, 5.41) is 0. The summed E-state index contributed by atoms with van der Waals surface area (Å²) in [6, 6.07) is 11.4. The van der Waals surface area contributed by atoms with Gasteiger partial charge in [-0.2, -0.15) is 0 Å². The second-order valence-electron chi connectivity index (χ2n) is 3.78. The summed E-state index contributed by atoms with van der Waals surface area (Å²) in [5.41, 5.74) is 1.86. The van der Waals surface area contributed by atoms with Crippen molar-refractivity contribution in [2.75, 3.05) is 0 Å². The second kappa shape index (κ2) is 4.91. The second-order valence-corrected chi connectivity index (χ2v) is 3.78. The van der Waals surface area contributed by atoms with Gasteiger partial charge in [0.1, 0.15) is 11.6 Å². The van der Waals surface area contributed by atoms with Crippen molar-refractivity contribution in [2.24, 2.45) is 0 Å². The van der Waals surface area contributed by atoms with Crippen LogP contribution in [-0.4, -0.2) is 0 Å². The molecule has 0 aliphatic carbocycles. The van der Waals surface area contributed by atoms with Crippen molar-refractivity contribution in [3.63, 3.8) is 0 Å². The summed E-state index contributed by atoms with van der Waals surface area (Å²) in [5.74, 6) is -1.02. The van der Waals surface area contributed by atoms with Gasteiger partial charge in [-0.3, -0.25) is 0 Å². The predicted octanol–water partition coefficient (Wildman–Crippen LogP) is 4.20. The normalized spacial score (nSPS) is 10.2. The smallest absolute Gasteiger partial charge is 0.129 e. The molecular formula is C15H12F2. The Hall–Kier alpha value is -1.96. The molecule has 86 valence electrons. The van der Waals surface area contributed by atoms with Crippen molar-refractivity contribution in [1.82, 2.24) is 0 Å². The van der Waals surface area contributed by atoms with E-state index in [-0.39, 0.29) is 12.0 Å². The molecule has 17 heavy (non-hydrogen) atoms. The molecule has 0 atom stereocenters. The van der Waals surface area contributed by atoms with Crippen molar-refractivity contribution in [1.29, 1.82) is 0 Å². The van der Waals surface area contributed by atoms with Crippen LogP contribution in [0.2, 0.25) is 0 Å². The first kappa shape index (κ1) is 11.5. The molecule has 0 bridgehead atoms. The van der Waals surface area contributed by atoms with Crippen LogP contribution in [0.25, 0.3) is 6.08 Å². The lowest BCUT2D eigenvalue weighted by Gasteiger charge is -2.07. The number of hydrogen-bond acceptors (Lipinski definition) is 0. The predicted molar refractivity (Wildman–Crippen MR) is 65.7 cm³/mol. The topological polar surface area (TPSA) is 0 Å². The third-order valence-corrected chi connectivity index (χ3v) is 2.70. The van der Waals surface area contributed by atoms with Crippen LogP contribution >= 0.6 is 0 Å². The summed E-state index contributed by atoms with van der Waals surface area (Å²) in [4.78, 5) is 0. The Bertz CT molecular complexity index is 524. The molecule has 2 aromatic rings. The Balaban J connectivity index is 2.41. The van der Waals surface area contributed by atoms with Gasteiger partial charge in [0.25, 0.3) is 0 Å². The Labute approximate surface area is 99.2 Å². The molecule has 0 saturated carbocycles. The molecule has 0 aliphatic heterocycles. The minimum atomic E-state index is -0.510. The summed E-state index contributed by atoms with van der Waals surface area (Å²) in [6.07, 6.45) is 1.93. The van der Waals surface area contributed by atoms with E-state index in [1.54, 1.807) is 6.08 Å². The average Bonchev–Trinajstić information content (AvgIpc) is 2.34. The quantitative estimate of drug-likeness (QED) is 0.741. The Morgan fingerprint density at radius 1 is 0.941 bits per heavy atom. The van der Waals surface area contributed by atoms with Crippen LogP contribution in [0, 0.1) is 11.6 Å². The SMILES string of the molecule is C=Cc1ccccc1Cc1c(F)cccc1F. The van der Waals surface area contributed by atoms with Gasteiger partial charge in [0.2, 0.25) is 0 Å². The van der Waals surface area contributed by atoms with Crippen LogP contribution in [0.15, 0.2) is 49.0 Å². The van der Waals surface area contributed by atoms with Crippen molar-refractivity contribution < 1.29 is 8.78 Å². The van der Waals surface area contributed by atoms with Crippen molar-refractivity contribution in [3.8, 4) is 0 Å². The van der Waals surface area contributed by atoms with E-state index in [4.69, 9.17) is 0 Å². The molecule has 0 aromatic heterocycles. The standard InChI is InChI=1S/C15H12F2/c1-2-11-6-3-4-7-12(11)10-13-14(16)8-5-9-15(13)17/h2-9H,1,10H2. The van der Waals surface area contributed by atoms with Crippen LogP contribution in [0.4, 0.5) is 8.78 Å². The first-order valence-corrected chi connectivity index (χ1v) is 5.35. The lowest BCUT2D eigenvalue weighted by Crippen LogP contribution is -1.98. The fourth-order valence-electron chi connectivity index (χ4n) is 1.79. The monoisotopic (exact) mass is 230 g/mol. The molecule has 0 N–H and O–H groups in total. The summed E-state index contributed by atoms with van der Waals surface area (Å²) in [6.45, 7) is 3.69. The van der Waals surface area contributed by atoms with Gasteiger partial charge < -0.3 is 0 Å². The Morgan fingerprint density at radius 3 is 2.24 bits per heavy atom. The van der Waals surface area contributed by atoms with E-state index in [1.807, 2.05) is 24.3 Å². The minimum absolute atomic E-state index is 0.0989. The lowest BCUT2D eigenvalue weighted by atomic mass is 9.99. The maximum Gasteiger partial charge on any atom is 0.129 e. The Morgan fingerprint density at radius 2 is 1.59 bits per heavy atom. The van der Waals surface area contributed by atoms with E-state index in [9.17, 15) is 8.78 Å². The van der Waals surface area contributed by atoms with Crippen LogP contribution in [0.5, 0.6) is 0 Å². The molecule has 0 unspecified atom stereocenters. The van der Waals surface area contributed by atoms with E-state index in [0.717, 1.165) is 11.1 Å². The average molecular weight is 230 g/mol. The molecule has 2 rings (SSSR count). The molecule has 2 heteroatoms. The van der Waals surface area contributed by atoms with Crippen molar-refractivity contribution in [3.05, 3.63) is 77.4 Å². The zero-order valence-electron chi connectivity index (χ0n) is 9.29. The molecule has 0 nitrogen and oxygen atoms in total. The van der Waals surface area contributed by atoms with E-state index in [0.29, 0.717) is 0 Å². The summed E-state index contributed by atoms with van der Waals surface area (Å²) >= 11 is 0.